The molecule has 0 saturated carbocycles. The Morgan fingerprint density at radius 3 is 2.65 bits per heavy atom. The van der Waals surface area contributed by atoms with Gasteiger partial charge in [0.25, 0.3) is 0 Å². The number of benzene rings is 1. The summed E-state index contributed by atoms with van der Waals surface area (Å²) in [7, 11) is -2.15. The van der Waals surface area contributed by atoms with E-state index in [9.17, 15) is 8.42 Å². The summed E-state index contributed by atoms with van der Waals surface area (Å²) in [5, 5.41) is 0. The third-order valence-corrected chi connectivity index (χ3v) is 3.79. The van der Waals surface area contributed by atoms with E-state index in [0.29, 0.717) is 12.4 Å². The third kappa shape index (κ3) is 3.61. The molecule has 0 heterocycles. The number of anilines is 1. The molecule has 0 aliphatic carbocycles. The molecule has 3 N–H and O–H groups in total. The number of sulfonamides is 1. The first-order valence-corrected chi connectivity index (χ1v) is 6.95. The Hall–Kier alpha value is -1.27. The SMILES string of the molecule is CCCCOc1ccc(S(=O)(=O)NC)c(N)c1. The molecule has 0 atom stereocenters. The van der Waals surface area contributed by atoms with E-state index in [-0.39, 0.29) is 10.6 Å². The molecule has 0 spiro atoms. The first-order chi connectivity index (χ1) is 8.01. The third-order valence-electron chi connectivity index (χ3n) is 2.31. The normalized spacial score (nSPS) is 11.4. The van der Waals surface area contributed by atoms with Crippen LogP contribution in [0, 0.1) is 0 Å². The van der Waals surface area contributed by atoms with Gasteiger partial charge in [0.1, 0.15) is 10.6 Å². The van der Waals surface area contributed by atoms with Crippen LogP contribution in [0.15, 0.2) is 23.1 Å². The number of nitrogen functional groups attached to an aromatic ring is 1. The summed E-state index contributed by atoms with van der Waals surface area (Å²) in [6.07, 6.45) is 2.00. The lowest BCUT2D eigenvalue weighted by atomic mass is 10.3. The number of hydrogen-bond acceptors (Lipinski definition) is 4. The summed E-state index contributed by atoms with van der Waals surface area (Å²) >= 11 is 0. The second kappa shape index (κ2) is 5.88. The highest BCUT2D eigenvalue weighted by molar-refractivity contribution is 7.89. The van der Waals surface area contributed by atoms with Crippen molar-refractivity contribution in [3.63, 3.8) is 0 Å². The van der Waals surface area contributed by atoms with E-state index in [1.807, 2.05) is 0 Å². The van der Waals surface area contributed by atoms with Crippen molar-refractivity contribution in [2.45, 2.75) is 24.7 Å². The molecule has 1 aromatic carbocycles. The fraction of sp³-hybridized carbons (Fsp3) is 0.455. The van der Waals surface area contributed by atoms with Crippen molar-refractivity contribution < 1.29 is 13.2 Å². The minimum atomic E-state index is -3.50. The Morgan fingerprint density at radius 1 is 1.41 bits per heavy atom. The van der Waals surface area contributed by atoms with Gasteiger partial charge in [-0.05, 0) is 25.6 Å². The van der Waals surface area contributed by atoms with E-state index in [4.69, 9.17) is 10.5 Å². The van der Waals surface area contributed by atoms with Gasteiger partial charge in [0, 0.05) is 6.07 Å². The van der Waals surface area contributed by atoms with Crippen LogP contribution in [0.1, 0.15) is 19.8 Å². The molecular weight excluding hydrogens is 240 g/mol. The maximum atomic E-state index is 11.6. The molecular formula is C11H18N2O3S. The lowest BCUT2D eigenvalue weighted by molar-refractivity contribution is 0.309. The van der Waals surface area contributed by atoms with Crippen LogP contribution >= 0.6 is 0 Å². The zero-order valence-corrected chi connectivity index (χ0v) is 10.9. The van der Waals surface area contributed by atoms with Crippen molar-refractivity contribution >= 4 is 15.7 Å². The second-order valence-corrected chi connectivity index (χ2v) is 5.46. The predicted molar refractivity (Wildman–Crippen MR) is 67.5 cm³/mol. The molecule has 0 bridgehead atoms. The smallest absolute Gasteiger partial charge is 0.242 e. The maximum absolute atomic E-state index is 11.6. The Kier molecular flexibility index (Phi) is 4.77. The fourth-order valence-corrected chi connectivity index (χ4v) is 2.14. The zero-order chi connectivity index (χ0) is 12.9. The monoisotopic (exact) mass is 258 g/mol. The molecule has 0 fully saturated rings. The van der Waals surface area contributed by atoms with E-state index in [2.05, 4.69) is 11.6 Å². The van der Waals surface area contributed by atoms with E-state index in [0.717, 1.165) is 12.8 Å². The molecule has 96 valence electrons. The van der Waals surface area contributed by atoms with Gasteiger partial charge in [-0.1, -0.05) is 13.3 Å². The quantitative estimate of drug-likeness (QED) is 0.596. The van der Waals surface area contributed by atoms with Gasteiger partial charge in [0.05, 0.1) is 12.3 Å². The van der Waals surface area contributed by atoms with Crippen molar-refractivity contribution in [3.05, 3.63) is 18.2 Å². The predicted octanol–water partition coefficient (Wildman–Crippen LogP) is 1.36. The van der Waals surface area contributed by atoms with E-state index >= 15 is 0 Å². The number of nitrogens with two attached hydrogens (primary N) is 1. The highest BCUT2D eigenvalue weighted by Crippen LogP contribution is 2.23. The van der Waals surface area contributed by atoms with Gasteiger partial charge in [-0.25, -0.2) is 13.1 Å². The summed E-state index contributed by atoms with van der Waals surface area (Å²) in [4.78, 5) is 0.0721. The highest BCUT2D eigenvalue weighted by atomic mass is 32.2. The Morgan fingerprint density at radius 2 is 2.12 bits per heavy atom. The van der Waals surface area contributed by atoms with Gasteiger partial charge in [-0.15, -0.1) is 0 Å². The van der Waals surface area contributed by atoms with Gasteiger partial charge in [0.15, 0.2) is 0 Å². The van der Waals surface area contributed by atoms with Crippen molar-refractivity contribution in [2.75, 3.05) is 19.4 Å². The van der Waals surface area contributed by atoms with E-state index in [1.54, 1.807) is 6.07 Å². The average molecular weight is 258 g/mol. The molecule has 0 aliphatic heterocycles. The summed E-state index contributed by atoms with van der Waals surface area (Å²) < 4.78 is 30.8. The molecule has 0 aliphatic rings. The molecule has 6 heteroatoms. The molecule has 0 saturated heterocycles. The minimum absolute atomic E-state index is 0.0721. The molecule has 0 amide bonds. The van der Waals surface area contributed by atoms with Gasteiger partial charge in [-0.3, -0.25) is 0 Å². The van der Waals surface area contributed by atoms with Crippen LogP contribution in [0.2, 0.25) is 0 Å². The standard InChI is InChI=1S/C11H18N2O3S/c1-3-4-7-16-9-5-6-11(10(12)8-9)17(14,15)13-2/h5-6,8,13H,3-4,7,12H2,1-2H3. The Labute approximate surface area is 102 Å². The number of ether oxygens (including phenoxy) is 1. The summed E-state index contributed by atoms with van der Waals surface area (Å²) in [6, 6.07) is 4.58. The summed E-state index contributed by atoms with van der Waals surface area (Å²) in [5.41, 5.74) is 5.88. The van der Waals surface area contributed by atoms with Crippen molar-refractivity contribution in [1.29, 1.82) is 0 Å². The van der Waals surface area contributed by atoms with E-state index < -0.39 is 10.0 Å². The first-order valence-electron chi connectivity index (χ1n) is 5.47. The number of rotatable bonds is 6. The van der Waals surface area contributed by atoms with Crippen LogP contribution in [0.3, 0.4) is 0 Å². The van der Waals surface area contributed by atoms with E-state index in [1.165, 1.54) is 19.2 Å². The van der Waals surface area contributed by atoms with Crippen LogP contribution in [0.4, 0.5) is 5.69 Å². The van der Waals surface area contributed by atoms with Crippen LogP contribution in [0.5, 0.6) is 5.75 Å². The van der Waals surface area contributed by atoms with Crippen molar-refractivity contribution in [3.8, 4) is 5.75 Å². The summed E-state index contributed by atoms with van der Waals surface area (Å²) in [6.45, 7) is 2.67. The number of hydrogen-bond donors (Lipinski definition) is 2. The average Bonchev–Trinajstić information content (AvgIpc) is 2.29. The largest absolute Gasteiger partial charge is 0.494 e. The molecule has 0 radical (unpaired) electrons. The lowest BCUT2D eigenvalue weighted by Crippen LogP contribution is -2.19. The van der Waals surface area contributed by atoms with Crippen molar-refractivity contribution in [2.24, 2.45) is 0 Å². The number of unbranched alkanes of at least 4 members (excludes halogenated alkanes) is 1. The van der Waals surface area contributed by atoms with Gasteiger partial charge in [0.2, 0.25) is 10.0 Å². The topological polar surface area (TPSA) is 81.4 Å². The Bertz CT molecular complexity index is 472. The lowest BCUT2D eigenvalue weighted by Gasteiger charge is -2.09. The fourth-order valence-electron chi connectivity index (χ4n) is 1.31. The molecule has 5 nitrogen and oxygen atoms in total. The molecule has 0 unspecified atom stereocenters. The van der Waals surface area contributed by atoms with Gasteiger partial charge in [-0.2, -0.15) is 0 Å². The minimum Gasteiger partial charge on any atom is -0.494 e. The number of nitrogens with one attached hydrogen (secondary N) is 1. The molecule has 17 heavy (non-hydrogen) atoms. The highest BCUT2D eigenvalue weighted by Gasteiger charge is 2.15. The van der Waals surface area contributed by atoms with Crippen LogP contribution in [-0.2, 0) is 10.0 Å². The van der Waals surface area contributed by atoms with Crippen LogP contribution in [-0.4, -0.2) is 22.1 Å². The molecule has 0 aromatic heterocycles. The molecule has 1 aromatic rings. The summed E-state index contributed by atoms with van der Waals surface area (Å²) in [5.74, 6) is 0.589. The van der Waals surface area contributed by atoms with Crippen LogP contribution in [0.25, 0.3) is 0 Å². The van der Waals surface area contributed by atoms with Gasteiger partial charge < -0.3 is 10.5 Å². The molecule has 1 rings (SSSR count). The second-order valence-electron chi connectivity index (χ2n) is 3.61. The first kappa shape index (κ1) is 13.8. The maximum Gasteiger partial charge on any atom is 0.242 e. The zero-order valence-electron chi connectivity index (χ0n) is 10.1. The Balaban J connectivity index is 2.87. The van der Waals surface area contributed by atoms with Gasteiger partial charge >= 0.3 is 0 Å². The van der Waals surface area contributed by atoms with Crippen LogP contribution < -0.4 is 15.2 Å². The van der Waals surface area contributed by atoms with Crippen molar-refractivity contribution in [1.82, 2.24) is 4.72 Å².